The third-order valence-corrected chi connectivity index (χ3v) is 19.9. The molecule has 2 aromatic carbocycles. The van der Waals surface area contributed by atoms with E-state index in [9.17, 15) is 19.5 Å². The van der Waals surface area contributed by atoms with Crippen molar-refractivity contribution in [3.8, 4) is 0 Å². The zero-order valence-electron chi connectivity index (χ0n) is 41.4. The number of nitrogens with one attached hydrogen (secondary N) is 1. The highest BCUT2D eigenvalue weighted by atomic mass is 28.4. The molecule has 1 amide bonds. The standard InChI is InChI=1S/C51H71NO14Si/c1-14-67(15-2,16-3)66-40(38(32-23-19-17-20-24-32)52-46(57)65-47(6,7)8)45(56)62-34-28-51(58)43(63-44(55)33-25-21-18-22-26-33)41-49(11,42(54)39(60-13)37(30(34)4)48(51,9)10)35(59-12)27-36-50(41,29-61-36)64-31(5)53/h17-26,34-36,38-41,43,58H,14-16,27-29H2,1-13H3,(H,52,57)/t34-,35-,36+,38-,39+,40+,41?,43?,49+,50-,51+/m0/s1. The Morgan fingerprint density at radius 3 is 2.01 bits per heavy atom. The number of aliphatic hydroxyl groups is 1. The summed E-state index contributed by atoms with van der Waals surface area (Å²) in [5, 5.41) is 17.0. The van der Waals surface area contributed by atoms with Crippen molar-refractivity contribution in [2.24, 2.45) is 16.7 Å². The first-order valence-electron chi connectivity index (χ1n) is 23.5. The van der Waals surface area contributed by atoms with E-state index in [1.165, 1.54) is 21.1 Å². The Labute approximate surface area is 396 Å². The number of ether oxygens (including phenoxy) is 7. The van der Waals surface area contributed by atoms with E-state index in [1.54, 1.807) is 103 Å². The van der Waals surface area contributed by atoms with Crippen LogP contribution in [0.2, 0.25) is 18.1 Å². The van der Waals surface area contributed by atoms with Crippen molar-refractivity contribution in [1.29, 1.82) is 0 Å². The summed E-state index contributed by atoms with van der Waals surface area (Å²) in [6, 6.07) is 18.1. The number of methoxy groups -OCH3 is 2. The third-order valence-electron chi connectivity index (χ3n) is 15.3. The summed E-state index contributed by atoms with van der Waals surface area (Å²) in [6.45, 7) is 19.3. The highest BCUT2D eigenvalue weighted by Gasteiger charge is 2.78. The first-order chi connectivity index (χ1) is 31.4. The van der Waals surface area contributed by atoms with Crippen LogP contribution in [0.3, 0.4) is 0 Å². The Hall–Kier alpha value is -4.45. The minimum atomic E-state index is -2.69. The lowest BCUT2D eigenvalue weighted by molar-refractivity contribution is -0.347. The summed E-state index contributed by atoms with van der Waals surface area (Å²) in [7, 11) is 0.167. The predicted molar refractivity (Wildman–Crippen MR) is 249 cm³/mol. The molecule has 6 rings (SSSR count). The minimum Gasteiger partial charge on any atom is -0.456 e. The highest BCUT2D eigenvalue weighted by molar-refractivity contribution is 6.73. The maximum atomic E-state index is 15.8. The van der Waals surface area contributed by atoms with Gasteiger partial charge in [-0.05, 0) is 81.6 Å². The number of fused-ring (bicyclic) bond motifs is 5. The van der Waals surface area contributed by atoms with Crippen LogP contribution >= 0.6 is 0 Å². The van der Waals surface area contributed by atoms with Gasteiger partial charge in [0.05, 0.1) is 35.6 Å². The summed E-state index contributed by atoms with van der Waals surface area (Å²) in [5.41, 5.74) is -6.26. The number of benzene rings is 2. The number of ketones is 1. The molecule has 2 saturated carbocycles. The van der Waals surface area contributed by atoms with Gasteiger partial charge in [-0.2, -0.15) is 0 Å². The number of rotatable bonds is 15. The van der Waals surface area contributed by atoms with Gasteiger partial charge in [0, 0.05) is 39.4 Å². The van der Waals surface area contributed by atoms with Gasteiger partial charge in [-0.15, -0.1) is 0 Å². The van der Waals surface area contributed by atoms with E-state index < -0.39 is 114 Å². The van der Waals surface area contributed by atoms with Crippen LogP contribution in [0.15, 0.2) is 71.8 Å². The van der Waals surface area contributed by atoms with Crippen molar-refractivity contribution in [2.45, 2.75) is 167 Å². The molecule has 1 heterocycles. The quantitative estimate of drug-likeness (QED) is 0.0768. The normalized spacial score (nSPS) is 31.0. The van der Waals surface area contributed by atoms with E-state index in [1.807, 2.05) is 26.8 Å². The molecule has 3 aliphatic carbocycles. The van der Waals surface area contributed by atoms with Crippen LogP contribution in [0.25, 0.3) is 0 Å². The number of carbonyl (C=O) groups excluding carboxylic acids is 5. The molecule has 0 aromatic heterocycles. The molecule has 368 valence electrons. The van der Waals surface area contributed by atoms with E-state index >= 15 is 9.59 Å². The van der Waals surface area contributed by atoms with Crippen molar-refractivity contribution in [2.75, 3.05) is 20.8 Å². The van der Waals surface area contributed by atoms with Crippen LogP contribution in [-0.4, -0.2) is 117 Å². The Balaban J connectivity index is 1.58. The predicted octanol–water partition coefficient (Wildman–Crippen LogP) is 7.60. The van der Waals surface area contributed by atoms with Gasteiger partial charge in [-0.1, -0.05) is 83.1 Å². The zero-order chi connectivity index (χ0) is 49.5. The number of hydrogen-bond donors (Lipinski definition) is 2. The molecule has 1 aliphatic heterocycles. The molecule has 0 spiro atoms. The number of alkyl carbamates (subject to hydrolysis) is 1. The Bertz CT molecular complexity index is 2180. The van der Waals surface area contributed by atoms with Crippen molar-refractivity contribution in [3.63, 3.8) is 0 Å². The fourth-order valence-electron chi connectivity index (χ4n) is 11.4. The minimum absolute atomic E-state index is 0.137. The number of hydrogen-bond acceptors (Lipinski definition) is 14. The highest BCUT2D eigenvalue weighted by Crippen LogP contribution is 2.65. The molecular formula is C51H71NO14Si. The van der Waals surface area contributed by atoms with Gasteiger partial charge in [0.25, 0.3) is 0 Å². The molecule has 16 heteroatoms. The topological polar surface area (TPSA) is 191 Å². The molecule has 15 nitrogen and oxygen atoms in total. The van der Waals surface area contributed by atoms with Crippen LogP contribution in [0.5, 0.6) is 0 Å². The zero-order valence-corrected chi connectivity index (χ0v) is 42.4. The molecule has 1 saturated heterocycles. The fraction of sp³-hybridized carbons (Fsp3) is 0.627. The summed E-state index contributed by atoms with van der Waals surface area (Å²) < 4.78 is 50.7. The van der Waals surface area contributed by atoms with Gasteiger partial charge in [0.2, 0.25) is 0 Å². The Morgan fingerprint density at radius 1 is 0.910 bits per heavy atom. The molecule has 2 aromatic rings. The number of amides is 1. The van der Waals surface area contributed by atoms with Gasteiger partial charge in [-0.3, -0.25) is 9.59 Å². The van der Waals surface area contributed by atoms with Crippen LogP contribution < -0.4 is 5.32 Å². The molecule has 3 fully saturated rings. The fourth-order valence-corrected chi connectivity index (χ4v) is 14.2. The lowest BCUT2D eigenvalue weighted by Gasteiger charge is -2.67. The largest absolute Gasteiger partial charge is 0.456 e. The van der Waals surface area contributed by atoms with E-state index in [2.05, 4.69) is 5.32 Å². The summed E-state index contributed by atoms with van der Waals surface area (Å²) >= 11 is 0. The third kappa shape index (κ3) is 9.26. The summed E-state index contributed by atoms with van der Waals surface area (Å²) in [4.78, 5) is 72.6. The van der Waals surface area contributed by atoms with E-state index in [0.717, 1.165) is 0 Å². The monoisotopic (exact) mass is 949 g/mol. The maximum Gasteiger partial charge on any atom is 0.408 e. The number of esters is 3. The number of carbonyl (C=O) groups is 5. The van der Waals surface area contributed by atoms with Crippen LogP contribution in [0.4, 0.5) is 4.79 Å². The molecule has 2 bridgehead atoms. The second kappa shape index (κ2) is 19.5. The van der Waals surface area contributed by atoms with Crippen LogP contribution in [-0.2, 0) is 52.0 Å². The van der Waals surface area contributed by atoms with Gasteiger partial charge in [0.15, 0.2) is 25.8 Å². The first kappa shape index (κ1) is 51.9. The number of Topliss-reactive ketones (excluding diaryl/α,β-unsaturated/α-hetero) is 1. The average Bonchev–Trinajstić information content (AvgIpc) is 3.27. The Kier molecular flexibility index (Phi) is 15.1. The maximum absolute atomic E-state index is 15.8. The van der Waals surface area contributed by atoms with Crippen molar-refractivity contribution in [3.05, 3.63) is 82.9 Å². The van der Waals surface area contributed by atoms with E-state index in [4.69, 9.17) is 37.6 Å². The molecule has 4 aliphatic rings. The molecule has 2 N–H and O–H groups in total. The van der Waals surface area contributed by atoms with Gasteiger partial charge < -0.3 is 48.0 Å². The molecule has 67 heavy (non-hydrogen) atoms. The lowest BCUT2D eigenvalue weighted by Crippen LogP contribution is -2.82. The summed E-state index contributed by atoms with van der Waals surface area (Å²) in [6.07, 6.45) is -8.37. The molecule has 11 atom stereocenters. The molecule has 2 unspecified atom stereocenters. The lowest BCUT2D eigenvalue weighted by atomic mass is 9.44. The Morgan fingerprint density at radius 2 is 1.51 bits per heavy atom. The van der Waals surface area contributed by atoms with Gasteiger partial charge >= 0.3 is 24.0 Å². The SMILES string of the molecule is CC[Si](CC)(CC)O[C@@H](C(=O)O[C@H]1C[C@@]2(O)C(OC(=O)c3ccccc3)C3[C@](C)(C(=O)[C@H](OC)C(=C1C)C2(C)C)[C@@H](OC)C[C@H]1OC[C@@]31OC(C)=O)[C@@H](NC(=O)OC(C)(C)C)c1ccccc1. The van der Waals surface area contributed by atoms with Gasteiger partial charge in [0.1, 0.15) is 35.6 Å². The average molecular weight is 950 g/mol. The van der Waals surface area contributed by atoms with E-state index in [0.29, 0.717) is 34.8 Å². The molecule has 0 radical (unpaired) electrons. The first-order valence-corrected chi connectivity index (χ1v) is 26.0. The second-order valence-corrected chi connectivity index (χ2v) is 25.1. The summed E-state index contributed by atoms with van der Waals surface area (Å²) in [5.74, 6) is -4.08. The van der Waals surface area contributed by atoms with Crippen LogP contribution in [0.1, 0.15) is 111 Å². The smallest absolute Gasteiger partial charge is 0.408 e. The van der Waals surface area contributed by atoms with Crippen LogP contribution in [0, 0.1) is 16.7 Å². The van der Waals surface area contributed by atoms with Gasteiger partial charge in [-0.25, -0.2) is 14.4 Å². The van der Waals surface area contributed by atoms with E-state index in [-0.39, 0.29) is 25.0 Å². The van der Waals surface area contributed by atoms with Crippen molar-refractivity contribution >= 4 is 38.1 Å². The van der Waals surface area contributed by atoms with Crippen molar-refractivity contribution in [1.82, 2.24) is 5.32 Å². The molecular weight excluding hydrogens is 879 g/mol. The second-order valence-electron chi connectivity index (χ2n) is 20.3. The van der Waals surface area contributed by atoms with Crippen molar-refractivity contribution < 1.29 is 66.7 Å².